The van der Waals surface area contributed by atoms with Crippen molar-refractivity contribution in [1.29, 1.82) is 0 Å². The first-order valence-electron chi connectivity index (χ1n) is 7.12. The van der Waals surface area contributed by atoms with Gasteiger partial charge >= 0.3 is 0 Å². The lowest BCUT2D eigenvalue weighted by Gasteiger charge is -2.37. The Kier molecular flexibility index (Phi) is 5.60. The van der Waals surface area contributed by atoms with Crippen molar-refractivity contribution >= 4 is 0 Å². The maximum atomic E-state index is 5.77. The zero-order chi connectivity index (χ0) is 15.5. The van der Waals surface area contributed by atoms with Gasteiger partial charge in [0.1, 0.15) is 5.75 Å². The van der Waals surface area contributed by atoms with E-state index < -0.39 is 0 Å². The largest absolute Gasteiger partial charge is 0.496 e. The second-order valence-electron chi connectivity index (χ2n) is 6.42. The van der Waals surface area contributed by atoms with Crippen LogP contribution in [0.4, 0.5) is 0 Å². The van der Waals surface area contributed by atoms with E-state index in [1.54, 1.807) is 14.2 Å². The van der Waals surface area contributed by atoms with Crippen LogP contribution in [0, 0.1) is 19.3 Å². The summed E-state index contributed by atoms with van der Waals surface area (Å²) in [5, 5.41) is 3.39. The molecule has 0 saturated heterocycles. The molecule has 0 spiro atoms. The normalized spacial score (nSPS) is 15.0. The SMILES string of the molecule is CNC(c1ccc(C)c(C)c1OC)C(OC)C(C)(C)C. The van der Waals surface area contributed by atoms with Crippen molar-refractivity contribution in [2.45, 2.75) is 46.8 Å². The summed E-state index contributed by atoms with van der Waals surface area (Å²) in [5.41, 5.74) is 3.62. The van der Waals surface area contributed by atoms with Crippen molar-refractivity contribution in [3.63, 3.8) is 0 Å². The predicted octanol–water partition coefficient (Wildman–Crippen LogP) is 3.63. The molecule has 1 N–H and O–H groups in total. The standard InChI is InChI=1S/C17H29NO2/c1-11-9-10-13(15(19-7)12(11)2)14(18-6)16(20-8)17(3,4)5/h9-10,14,16,18H,1-8H3. The number of methoxy groups -OCH3 is 2. The smallest absolute Gasteiger partial charge is 0.126 e. The number of ether oxygens (including phenoxy) is 2. The first kappa shape index (κ1) is 17.0. The molecule has 0 heterocycles. The van der Waals surface area contributed by atoms with Gasteiger partial charge in [0.15, 0.2) is 0 Å². The molecule has 0 radical (unpaired) electrons. The van der Waals surface area contributed by atoms with Crippen molar-refractivity contribution in [2.75, 3.05) is 21.3 Å². The highest BCUT2D eigenvalue weighted by molar-refractivity contribution is 5.47. The summed E-state index contributed by atoms with van der Waals surface area (Å²) in [6.07, 6.45) is 0.0588. The van der Waals surface area contributed by atoms with Crippen LogP contribution in [-0.4, -0.2) is 27.4 Å². The minimum absolute atomic E-state index is 0.0340. The monoisotopic (exact) mass is 279 g/mol. The third-order valence-electron chi connectivity index (χ3n) is 3.97. The van der Waals surface area contributed by atoms with E-state index in [1.807, 2.05) is 7.05 Å². The molecule has 114 valence electrons. The van der Waals surface area contributed by atoms with E-state index in [1.165, 1.54) is 11.1 Å². The number of nitrogens with one attached hydrogen (secondary N) is 1. The summed E-state index contributed by atoms with van der Waals surface area (Å²) >= 11 is 0. The minimum Gasteiger partial charge on any atom is -0.496 e. The molecule has 0 saturated carbocycles. The van der Waals surface area contributed by atoms with E-state index in [-0.39, 0.29) is 17.6 Å². The zero-order valence-corrected chi connectivity index (χ0v) is 14.1. The van der Waals surface area contributed by atoms with E-state index in [0.29, 0.717) is 0 Å². The van der Waals surface area contributed by atoms with Crippen LogP contribution in [0.3, 0.4) is 0 Å². The highest BCUT2D eigenvalue weighted by atomic mass is 16.5. The lowest BCUT2D eigenvalue weighted by molar-refractivity contribution is -0.0106. The molecule has 2 atom stereocenters. The van der Waals surface area contributed by atoms with Gasteiger partial charge in [-0.25, -0.2) is 0 Å². The van der Waals surface area contributed by atoms with Crippen molar-refractivity contribution in [3.05, 3.63) is 28.8 Å². The van der Waals surface area contributed by atoms with E-state index in [4.69, 9.17) is 9.47 Å². The highest BCUT2D eigenvalue weighted by Gasteiger charge is 2.34. The number of benzene rings is 1. The molecule has 0 fully saturated rings. The lowest BCUT2D eigenvalue weighted by Crippen LogP contribution is -2.40. The fourth-order valence-corrected chi connectivity index (χ4v) is 2.79. The average Bonchev–Trinajstić information content (AvgIpc) is 2.37. The molecule has 1 rings (SSSR count). The quantitative estimate of drug-likeness (QED) is 0.892. The maximum Gasteiger partial charge on any atom is 0.126 e. The van der Waals surface area contributed by atoms with Crippen LogP contribution in [0.5, 0.6) is 5.75 Å². The molecule has 3 heteroatoms. The van der Waals surface area contributed by atoms with Gasteiger partial charge in [0.2, 0.25) is 0 Å². The molecule has 2 unspecified atom stereocenters. The molecule has 0 aliphatic carbocycles. The summed E-state index contributed by atoms with van der Waals surface area (Å²) < 4.78 is 11.4. The minimum atomic E-state index is 0.0340. The number of aryl methyl sites for hydroxylation is 1. The second-order valence-corrected chi connectivity index (χ2v) is 6.42. The molecule has 3 nitrogen and oxygen atoms in total. The van der Waals surface area contributed by atoms with Crippen LogP contribution in [-0.2, 0) is 4.74 Å². The highest BCUT2D eigenvalue weighted by Crippen LogP contribution is 2.38. The third-order valence-corrected chi connectivity index (χ3v) is 3.97. The number of hydrogen-bond donors (Lipinski definition) is 1. The summed E-state index contributed by atoms with van der Waals surface area (Å²) in [4.78, 5) is 0. The van der Waals surface area contributed by atoms with Gasteiger partial charge in [-0.2, -0.15) is 0 Å². The number of hydrogen-bond acceptors (Lipinski definition) is 3. The average molecular weight is 279 g/mol. The molecule has 0 bridgehead atoms. The Balaban J connectivity index is 3.35. The van der Waals surface area contributed by atoms with Gasteiger partial charge in [-0.05, 0) is 37.4 Å². The molecule has 20 heavy (non-hydrogen) atoms. The fourth-order valence-electron chi connectivity index (χ4n) is 2.79. The zero-order valence-electron chi connectivity index (χ0n) is 14.1. The maximum absolute atomic E-state index is 5.77. The fraction of sp³-hybridized carbons (Fsp3) is 0.647. The number of likely N-dealkylation sites (N-methyl/N-ethyl adjacent to an activating group) is 1. The van der Waals surface area contributed by atoms with Gasteiger partial charge in [-0.3, -0.25) is 0 Å². The molecular formula is C17H29NO2. The van der Waals surface area contributed by atoms with Crippen LogP contribution in [0.2, 0.25) is 0 Å². The van der Waals surface area contributed by atoms with Gasteiger partial charge in [-0.15, -0.1) is 0 Å². The van der Waals surface area contributed by atoms with Gasteiger partial charge in [-0.1, -0.05) is 32.9 Å². The summed E-state index contributed by atoms with van der Waals surface area (Å²) in [6.45, 7) is 10.8. The van der Waals surface area contributed by atoms with Crippen molar-refractivity contribution in [2.24, 2.45) is 5.41 Å². The molecule has 0 aliphatic heterocycles. The third kappa shape index (κ3) is 3.33. The second kappa shape index (κ2) is 6.59. The van der Waals surface area contributed by atoms with Crippen molar-refractivity contribution in [1.82, 2.24) is 5.32 Å². The molecule has 0 aliphatic rings. The molecule has 0 amide bonds. The van der Waals surface area contributed by atoms with Crippen molar-refractivity contribution < 1.29 is 9.47 Å². The summed E-state index contributed by atoms with van der Waals surface area (Å²) in [5.74, 6) is 0.954. The van der Waals surface area contributed by atoms with E-state index >= 15 is 0 Å². The predicted molar refractivity (Wildman–Crippen MR) is 84.5 cm³/mol. The summed E-state index contributed by atoms with van der Waals surface area (Å²) in [6, 6.07) is 4.38. The molecular weight excluding hydrogens is 250 g/mol. The van der Waals surface area contributed by atoms with Gasteiger partial charge in [0, 0.05) is 12.7 Å². The number of rotatable bonds is 5. The Morgan fingerprint density at radius 1 is 1.10 bits per heavy atom. The first-order valence-corrected chi connectivity index (χ1v) is 7.12. The Morgan fingerprint density at radius 3 is 2.10 bits per heavy atom. The Hall–Kier alpha value is -1.06. The van der Waals surface area contributed by atoms with Crippen LogP contribution in [0.25, 0.3) is 0 Å². The van der Waals surface area contributed by atoms with E-state index in [9.17, 15) is 0 Å². The first-order chi connectivity index (χ1) is 9.27. The van der Waals surface area contributed by atoms with Gasteiger partial charge in [0.25, 0.3) is 0 Å². The Morgan fingerprint density at radius 2 is 1.70 bits per heavy atom. The van der Waals surface area contributed by atoms with Crippen LogP contribution < -0.4 is 10.1 Å². The summed E-state index contributed by atoms with van der Waals surface area (Å²) in [7, 11) is 5.47. The van der Waals surface area contributed by atoms with Gasteiger partial charge in [0.05, 0.1) is 19.3 Å². The van der Waals surface area contributed by atoms with Crippen LogP contribution >= 0.6 is 0 Å². The molecule has 0 aromatic heterocycles. The Labute approximate surface area is 123 Å². The van der Waals surface area contributed by atoms with Gasteiger partial charge < -0.3 is 14.8 Å². The van der Waals surface area contributed by atoms with Crippen molar-refractivity contribution in [3.8, 4) is 5.75 Å². The van der Waals surface area contributed by atoms with Crippen LogP contribution in [0.15, 0.2) is 12.1 Å². The Bertz CT molecular complexity index is 449. The van der Waals surface area contributed by atoms with Crippen LogP contribution in [0.1, 0.15) is 43.5 Å². The topological polar surface area (TPSA) is 30.5 Å². The molecule has 1 aromatic carbocycles. The molecule has 1 aromatic rings. The lowest BCUT2D eigenvalue weighted by atomic mass is 9.81. The van der Waals surface area contributed by atoms with E-state index in [2.05, 4.69) is 52.1 Å². The van der Waals surface area contributed by atoms with E-state index in [0.717, 1.165) is 11.3 Å².